The summed E-state index contributed by atoms with van der Waals surface area (Å²) in [5.41, 5.74) is 16.4. The summed E-state index contributed by atoms with van der Waals surface area (Å²) in [4.78, 5) is 144. The van der Waals surface area contributed by atoms with Gasteiger partial charge in [0.15, 0.2) is 5.96 Å². The molecule has 2 heterocycles. The minimum atomic E-state index is -1.64. The summed E-state index contributed by atoms with van der Waals surface area (Å²) in [6, 6.07) is -10.2. The van der Waals surface area contributed by atoms with Gasteiger partial charge in [-0.15, -0.1) is 0 Å². The molecule has 10 amide bonds. The Bertz CT molecular complexity index is 1980. The second kappa shape index (κ2) is 32.4. The third kappa shape index (κ3) is 20.5. The average Bonchev–Trinajstić information content (AvgIpc) is 4.03. The number of carbonyl (C=O) groups excluding carboxylic acids is 10. The van der Waals surface area contributed by atoms with E-state index in [0.29, 0.717) is 64.6 Å². The quantitative estimate of drug-likeness (QED) is 0.0194. The van der Waals surface area contributed by atoms with E-state index in [-0.39, 0.29) is 44.1 Å². The van der Waals surface area contributed by atoms with Gasteiger partial charge in [0.2, 0.25) is 59.1 Å². The largest absolute Gasteiger partial charge is 0.391 e. The smallest absolute Gasteiger partial charge is 0.245 e. The third-order valence-corrected chi connectivity index (χ3v) is 14.0. The van der Waals surface area contributed by atoms with Gasteiger partial charge in [-0.25, -0.2) is 0 Å². The van der Waals surface area contributed by atoms with Gasteiger partial charge in [-0.05, 0) is 96.6 Å². The van der Waals surface area contributed by atoms with Crippen molar-refractivity contribution in [2.45, 2.75) is 200 Å². The van der Waals surface area contributed by atoms with E-state index in [0.717, 1.165) is 6.42 Å². The van der Waals surface area contributed by atoms with Gasteiger partial charge in [0.1, 0.15) is 48.3 Å². The summed E-state index contributed by atoms with van der Waals surface area (Å²) in [7, 11) is 1.79. The van der Waals surface area contributed by atoms with Gasteiger partial charge < -0.3 is 69.7 Å². The Morgan fingerprint density at radius 2 is 1.08 bits per heavy atom. The monoisotopic (exact) mass is 1060 g/mol. The van der Waals surface area contributed by atoms with Crippen molar-refractivity contribution < 1.29 is 53.1 Å². The number of hydrogen-bond acceptors (Lipinski definition) is 13. The lowest BCUT2D eigenvalue weighted by Gasteiger charge is -2.32. The Kier molecular flexibility index (Phi) is 28.0. The molecule has 0 radical (unpaired) electrons. The van der Waals surface area contributed by atoms with Crippen LogP contribution in [-0.2, 0) is 47.9 Å². The van der Waals surface area contributed by atoms with Gasteiger partial charge in [-0.1, -0.05) is 67.7 Å². The molecule has 0 bridgehead atoms. The van der Waals surface area contributed by atoms with E-state index in [1.807, 2.05) is 11.8 Å². The van der Waals surface area contributed by atoms with Gasteiger partial charge in [0.25, 0.3) is 0 Å². The summed E-state index contributed by atoms with van der Waals surface area (Å²) in [6.45, 7) is 16.7. The van der Waals surface area contributed by atoms with Gasteiger partial charge in [-0.3, -0.25) is 57.8 Å². The van der Waals surface area contributed by atoms with Crippen molar-refractivity contribution in [3.63, 3.8) is 0 Å². The molecule has 426 valence electrons. The minimum absolute atomic E-state index is 0.0769. The zero-order valence-electron chi connectivity index (χ0n) is 45.9. The van der Waals surface area contributed by atoms with Crippen LogP contribution in [0.2, 0.25) is 0 Å². The Balaban J connectivity index is 2.33. The first-order valence-electron chi connectivity index (χ1n) is 26.8. The van der Waals surface area contributed by atoms with Crippen molar-refractivity contribution in [3.8, 4) is 0 Å². The molecule has 12 atom stereocenters. The van der Waals surface area contributed by atoms with E-state index < -0.39 is 131 Å². The number of amides is 10. The van der Waals surface area contributed by atoms with E-state index in [1.165, 1.54) is 11.8 Å². The van der Waals surface area contributed by atoms with Crippen LogP contribution in [-0.4, -0.2) is 174 Å². The molecule has 75 heavy (non-hydrogen) atoms. The second-order valence-corrected chi connectivity index (χ2v) is 20.3. The maximum atomic E-state index is 14.2. The number of hydrogen-bond donors (Lipinski definition) is 12. The van der Waals surface area contributed by atoms with Crippen molar-refractivity contribution in [1.82, 2.24) is 52.3 Å². The summed E-state index contributed by atoms with van der Waals surface area (Å²) >= 11 is 0. The molecular formula is C50H90N14O11. The Hall–Kier alpha value is -6.11. The fraction of sp³-hybridized carbons (Fsp3) is 0.780. The van der Waals surface area contributed by atoms with E-state index in [4.69, 9.17) is 17.2 Å². The molecule has 0 spiro atoms. The Morgan fingerprint density at radius 3 is 1.59 bits per heavy atom. The summed E-state index contributed by atoms with van der Waals surface area (Å²) < 4.78 is 0. The number of aliphatic hydroxyl groups excluding tert-OH is 1. The molecule has 2 rings (SSSR count). The van der Waals surface area contributed by atoms with Crippen LogP contribution < -0.4 is 59.7 Å². The molecule has 0 aromatic heterocycles. The summed E-state index contributed by atoms with van der Waals surface area (Å²) in [5, 5.41) is 32.5. The highest BCUT2D eigenvalue weighted by Gasteiger charge is 2.41. The van der Waals surface area contributed by atoms with Gasteiger partial charge in [0, 0.05) is 26.1 Å². The normalized spacial score (nSPS) is 19.5. The average molecular weight is 1060 g/mol. The van der Waals surface area contributed by atoms with E-state index in [1.54, 1.807) is 55.5 Å². The van der Waals surface area contributed by atoms with Crippen molar-refractivity contribution in [2.75, 3.05) is 33.2 Å². The zero-order chi connectivity index (χ0) is 56.7. The first kappa shape index (κ1) is 65.0. The lowest BCUT2D eigenvalue weighted by molar-refractivity contribution is -0.142. The highest BCUT2D eigenvalue weighted by molar-refractivity contribution is 5.99. The SMILES string of the molecule is CCC[C@H](NC(=O)[C@@H](NC(=O)[C@H](NC(=O)[C@@H](NC(=O)[C@H](CCC(N)=O)NC(=O)[C@@H]1CCCN1C)C(C)C)[C@@H](C)CC)[C@@H](C)O)C(=O)N[C@H](C(=O)N[C@@H](CCCN=C(N)N)C(=O)N1CCC[C@H]1C(=O)NCC)[C@@H](C)CC. The van der Waals surface area contributed by atoms with Crippen molar-refractivity contribution in [2.24, 2.45) is 39.9 Å². The first-order chi connectivity index (χ1) is 35.3. The van der Waals surface area contributed by atoms with Crippen molar-refractivity contribution in [1.29, 1.82) is 0 Å². The van der Waals surface area contributed by atoms with Crippen LogP contribution in [0.25, 0.3) is 0 Å². The minimum Gasteiger partial charge on any atom is -0.391 e. The van der Waals surface area contributed by atoms with Crippen molar-refractivity contribution in [3.05, 3.63) is 0 Å². The maximum absolute atomic E-state index is 14.2. The number of rotatable bonds is 32. The van der Waals surface area contributed by atoms with Crippen LogP contribution in [0.1, 0.15) is 139 Å². The predicted octanol–water partition coefficient (Wildman–Crippen LogP) is -2.15. The predicted molar refractivity (Wildman–Crippen MR) is 281 cm³/mol. The molecule has 2 saturated heterocycles. The van der Waals surface area contributed by atoms with Gasteiger partial charge >= 0.3 is 0 Å². The number of aliphatic imine (C=N–C) groups is 1. The highest BCUT2D eigenvalue weighted by atomic mass is 16.3. The number of likely N-dealkylation sites (tertiary alicyclic amines) is 2. The topological polar surface area (TPSA) is 384 Å². The standard InChI is InChI=1S/C50H90N14O11/c1-11-18-31(41(67)60-38(28(7)12-2)46(72)58-33(19-15-24-55-50(52)53)49(75)64-26-17-21-35(64)43(69)54-14-4)57-48(74)40(30(9)65)62-47(73)39(29(8)13-3)61-45(71)37(27(5)6)59-42(68)32(22-23-36(51)66)56-44(70)34-20-16-25-63(34)10/h27-35,37-40,65H,11-26H2,1-10H3,(H2,51,66)(H,54,69)(H,56,70)(H,57,74)(H,58,72)(H,59,68)(H,60,67)(H,61,71)(H,62,73)(H4,52,53,55)/t28-,29-,30+,31-,32-,33-,34-,35-,37-,38-,39+,40-/m0/s1. The van der Waals surface area contributed by atoms with Crippen molar-refractivity contribution >= 4 is 65.0 Å². The lowest BCUT2D eigenvalue weighted by Crippen LogP contribution is -2.63. The number of primary amides is 1. The molecule has 2 aliphatic rings. The molecule has 0 aromatic rings. The van der Waals surface area contributed by atoms with Crippen LogP contribution in [0.4, 0.5) is 0 Å². The Morgan fingerprint density at radius 1 is 0.587 bits per heavy atom. The number of aliphatic hydroxyl groups is 1. The third-order valence-electron chi connectivity index (χ3n) is 14.0. The molecule has 2 aliphatic heterocycles. The molecular weight excluding hydrogens is 973 g/mol. The van der Waals surface area contributed by atoms with Gasteiger partial charge in [-0.2, -0.15) is 0 Å². The molecule has 25 heteroatoms. The van der Waals surface area contributed by atoms with E-state index in [2.05, 4.69) is 47.5 Å². The summed E-state index contributed by atoms with van der Waals surface area (Å²) in [5.74, 6) is -8.30. The first-order valence-corrected chi connectivity index (χ1v) is 26.8. The number of likely N-dealkylation sites (N-methyl/N-ethyl adjacent to an activating group) is 2. The Labute approximate surface area is 442 Å². The molecule has 0 unspecified atom stereocenters. The molecule has 15 N–H and O–H groups in total. The number of guanidine groups is 1. The maximum Gasteiger partial charge on any atom is 0.245 e. The van der Waals surface area contributed by atoms with Crippen LogP contribution in [0.5, 0.6) is 0 Å². The number of nitrogens with zero attached hydrogens (tertiary/aromatic N) is 3. The number of carbonyl (C=O) groups is 10. The van der Waals surface area contributed by atoms with Gasteiger partial charge in [0.05, 0.1) is 12.1 Å². The lowest BCUT2D eigenvalue weighted by atomic mass is 9.95. The summed E-state index contributed by atoms with van der Waals surface area (Å²) in [6.07, 6.45) is 2.17. The zero-order valence-corrected chi connectivity index (χ0v) is 45.9. The van der Waals surface area contributed by atoms with Crippen LogP contribution >= 0.6 is 0 Å². The molecule has 0 aromatic carbocycles. The van der Waals surface area contributed by atoms with Crippen LogP contribution in [0.15, 0.2) is 4.99 Å². The number of nitrogens with one attached hydrogen (secondary N) is 8. The van der Waals surface area contributed by atoms with E-state index >= 15 is 0 Å². The van der Waals surface area contributed by atoms with Crippen LogP contribution in [0.3, 0.4) is 0 Å². The molecule has 0 aliphatic carbocycles. The highest BCUT2D eigenvalue weighted by Crippen LogP contribution is 2.21. The number of nitrogens with two attached hydrogens (primary N) is 3. The fourth-order valence-electron chi connectivity index (χ4n) is 9.04. The van der Waals surface area contributed by atoms with Crippen LogP contribution in [0, 0.1) is 17.8 Å². The fourth-order valence-corrected chi connectivity index (χ4v) is 9.04. The molecule has 25 nitrogen and oxygen atoms in total. The molecule has 0 saturated carbocycles. The second-order valence-electron chi connectivity index (χ2n) is 20.3. The van der Waals surface area contributed by atoms with E-state index in [9.17, 15) is 53.1 Å². The molecule has 2 fully saturated rings.